The molecule has 0 aromatic heterocycles. The Kier molecular flexibility index (Phi) is 3.76. The van der Waals surface area contributed by atoms with Crippen molar-refractivity contribution in [1.29, 1.82) is 0 Å². The third kappa shape index (κ3) is 2.50. The minimum Gasteiger partial charge on any atom is -0.372 e. The smallest absolute Gasteiger partial charge is 0.146 e. The molecule has 5 heteroatoms. The zero-order valence-electron chi connectivity index (χ0n) is 10.7. The molecular weight excluding hydrogens is 267 g/mol. The minimum atomic E-state index is -0.349. The van der Waals surface area contributed by atoms with Gasteiger partial charge >= 0.3 is 0 Å². The second kappa shape index (κ2) is 5.37. The van der Waals surface area contributed by atoms with Crippen molar-refractivity contribution in [1.82, 2.24) is 4.90 Å². The molecule has 1 aromatic carbocycles. The van der Waals surface area contributed by atoms with Crippen LogP contribution in [-0.2, 0) is 4.74 Å². The molecule has 3 unspecified atom stereocenters. The summed E-state index contributed by atoms with van der Waals surface area (Å²) in [6.45, 7) is 2.03. The van der Waals surface area contributed by atoms with Crippen molar-refractivity contribution in [2.24, 2.45) is 5.73 Å². The van der Waals surface area contributed by atoms with Gasteiger partial charge < -0.3 is 10.5 Å². The minimum absolute atomic E-state index is 0.120. The Hall–Kier alpha value is -0.680. The van der Waals surface area contributed by atoms with E-state index in [-0.39, 0.29) is 29.1 Å². The number of likely N-dealkylation sites (tertiary alicyclic amines) is 1. The standard InChI is InChI=1S/C14H18ClFN2O/c15-12-3-1-2-11(14(12)16)13(6-17)18-7-9-4-5-10(8-18)19-9/h1-3,9-10,13H,4-8,17H2. The van der Waals surface area contributed by atoms with Crippen LogP contribution in [0.5, 0.6) is 0 Å². The van der Waals surface area contributed by atoms with Crippen LogP contribution in [-0.4, -0.2) is 36.7 Å². The fourth-order valence-electron chi connectivity index (χ4n) is 3.15. The molecule has 0 radical (unpaired) electrons. The Bertz CT molecular complexity index is 459. The summed E-state index contributed by atoms with van der Waals surface area (Å²) in [4.78, 5) is 2.24. The molecule has 0 spiro atoms. The predicted octanol–water partition coefficient (Wildman–Crippen LogP) is 2.34. The van der Waals surface area contributed by atoms with Gasteiger partial charge in [-0.3, -0.25) is 4.90 Å². The Morgan fingerprint density at radius 1 is 1.37 bits per heavy atom. The molecule has 1 aromatic rings. The summed E-state index contributed by atoms with van der Waals surface area (Å²) in [5.74, 6) is -0.349. The van der Waals surface area contributed by atoms with E-state index in [2.05, 4.69) is 4.90 Å². The lowest BCUT2D eigenvalue weighted by molar-refractivity contribution is -0.0525. The summed E-state index contributed by atoms with van der Waals surface area (Å²) in [6.07, 6.45) is 2.73. The van der Waals surface area contributed by atoms with Crippen LogP contribution in [0.3, 0.4) is 0 Å². The number of ether oxygens (including phenoxy) is 1. The van der Waals surface area contributed by atoms with E-state index in [9.17, 15) is 4.39 Å². The van der Waals surface area contributed by atoms with Crippen LogP contribution in [0, 0.1) is 5.82 Å². The molecule has 3 rings (SSSR count). The fourth-order valence-corrected chi connectivity index (χ4v) is 3.33. The fraction of sp³-hybridized carbons (Fsp3) is 0.571. The van der Waals surface area contributed by atoms with Crippen molar-refractivity contribution < 1.29 is 9.13 Å². The maximum atomic E-state index is 14.2. The van der Waals surface area contributed by atoms with E-state index in [1.165, 1.54) is 0 Å². The van der Waals surface area contributed by atoms with Gasteiger partial charge in [0.2, 0.25) is 0 Å². The Balaban J connectivity index is 1.86. The lowest BCUT2D eigenvalue weighted by atomic mass is 10.0. The van der Waals surface area contributed by atoms with Crippen LogP contribution in [0.2, 0.25) is 5.02 Å². The molecule has 0 amide bonds. The summed E-state index contributed by atoms with van der Waals surface area (Å²) < 4.78 is 20.0. The number of nitrogens with two attached hydrogens (primary N) is 1. The van der Waals surface area contributed by atoms with Gasteiger partial charge in [0, 0.05) is 25.2 Å². The molecule has 2 saturated heterocycles. The van der Waals surface area contributed by atoms with Gasteiger partial charge in [0.1, 0.15) is 5.82 Å². The summed E-state index contributed by atoms with van der Waals surface area (Å²) in [5, 5.41) is 0.159. The van der Waals surface area contributed by atoms with E-state index in [4.69, 9.17) is 22.1 Å². The number of rotatable bonds is 3. The highest BCUT2D eigenvalue weighted by atomic mass is 35.5. The van der Waals surface area contributed by atoms with Gasteiger partial charge in [0.25, 0.3) is 0 Å². The predicted molar refractivity (Wildman–Crippen MR) is 72.7 cm³/mol. The maximum Gasteiger partial charge on any atom is 0.146 e. The molecule has 2 aliphatic rings. The number of halogens is 2. The lowest BCUT2D eigenvalue weighted by Crippen LogP contribution is -2.46. The Labute approximate surface area is 117 Å². The Morgan fingerprint density at radius 3 is 2.68 bits per heavy atom. The maximum absolute atomic E-state index is 14.2. The molecule has 104 valence electrons. The van der Waals surface area contributed by atoms with E-state index in [1.54, 1.807) is 18.2 Å². The first kappa shape index (κ1) is 13.3. The average molecular weight is 285 g/mol. The van der Waals surface area contributed by atoms with E-state index >= 15 is 0 Å². The average Bonchev–Trinajstić information content (AvgIpc) is 2.74. The second-order valence-corrected chi connectivity index (χ2v) is 5.71. The molecule has 0 aliphatic carbocycles. The number of hydrogen-bond donors (Lipinski definition) is 1. The van der Waals surface area contributed by atoms with E-state index in [0.29, 0.717) is 12.1 Å². The monoisotopic (exact) mass is 284 g/mol. The second-order valence-electron chi connectivity index (χ2n) is 5.31. The zero-order chi connectivity index (χ0) is 13.4. The summed E-state index contributed by atoms with van der Waals surface area (Å²) in [7, 11) is 0. The molecular formula is C14H18ClFN2O. The van der Waals surface area contributed by atoms with Gasteiger partial charge in [-0.15, -0.1) is 0 Å². The van der Waals surface area contributed by atoms with Crippen molar-refractivity contribution in [3.8, 4) is 0 Å². The van der Waals surface area contributed by atoms with Crippen LogP contribution in [0.25, 0.3) is 0 Å². The van der Waals surface area contributed by atoms with Crippen molar-refractivity contribution >= 4 is 11.6 Å². The first-order valence-electron chi connectivity index (χ1n) is 6.72. The first-order chi connectivity index (χ1) is 9.19. The zero-order valence-corrected chi connectivity index (χ0v) is 11.4. The quantitative estimate of drug-likeness (QED) is 0.926. The number of benzene rings is 1. The number of hydrogen-bond acceptors (Lipinski definition) is 3. The van der Waals surface area contributed by atoms with Crippen LogP contribution >= 0.6 is 11.6 Å². The van der Waals surface area contributed by atoms with Gasteiger partial charge in [-0.2, -0.15) is 0 Å². The third-order valence-corrected chi connectivity index (χ3v) is 4.37. The van der Waals surface area contributed by atoms with Crippen LogP contribution in [0.1, 0.15) is 24.4 Å². The number of morpholine rings is 1. The van der Waals surface area contributed by atoms with Gasteiger partial charge in [-0.05, 0) is 18.9 Å². The number of nitrogens with zero attached hydrogens (tertiary/aromatic N) is 1. The SMILES string of the molecule is NCC(c1cccc(Cl)c1F)N1CC2CCC(C1)O2. The Morgan fingerprint density at radius 2 is 2.05 bits per heavy atom. The van der Waals surface area contributed by atoms with Gasteiger partial charge in [0.05, 0.1) is 23.3 Å². The van der Waals surface area contributed by atoms with Crippen LogP contribution in [0.15, 0.2) is 18.2 Å². The van der Waals surface area contributed by atoms with Crippen molar-refractivity contribution in [2.75, 3.05) is 19.6 Å². The summed E-state index contributed by atoms with van der Waals surface area (Å²) in [5.41, 5.74) is 6.47. The van der Waals surface area contributed by atoms with Gasteiger partial charge in [-0.1, -0.05) is 23.7 Å². The summed E-state index contributed by atoms with van der Waals surface area (Å²) >= 11 is 5.86. The van der Waals surface area contributed by atoms with E-state index in [0.717, 1.165) is 25.9 Å². The largest absolute Gasteiger partial charge is 0.372 e. The molecule has 2 aliphatic heterocycles. The molecule has 2 bridgehead atoms. The van der Waals surface area contributed by atoms with E-state index < -0.39 is 0 Å². The van der Waals surface area contributed by atoms with Crippen molar-refractivity contribution in [3.63, 3.8) is 0 Å². The molecule has 0 saturated carbocycles. The normalized spacial score (nSPS) is 28.6. The van der Waals surface area contributed by atoms with Crippen molar-refractivity contribution in [2.45, 2.75) is 31.1 Å². The molecule has 2 heterocycles. The topological polar surface area (TPSA) is 38.5 Å². The van der Waals surface area contributed by atoms with Crippen molar-refractivity contribution in [3.05, 3.63) is 34.6 Å². The van der Waals surface area contributed by atoms with Crippen LogP contribution in [0.4, 0.5) is 4.39 Å². The highest BCUT2D eigenvalue weighted by Crippen LogP contribution is 2.33. The highest BCUT2D eigenvalue weighted by molar-refractivity contribution is 6.30. The number of fused-ring (bicyclic) bond motifs is 2. The molecule has 2 fully saturated rings. The lowest BCUT2D eigenvalue weighted by Gasteiger charge is -2.37. The molecule has 3 nitrogen and oxygen atoms in total. The first-order valence-corrected chi connectivity index (χ1v) is 7.10. The summed E-state index contributed by atoms with van der Waals surface area (Å²) in [6, 6.07) is 5.00. The van der Waals surface area contributed by atoms with Gasteiger partial charge in [-0.25, -0.2) is 4.39 Å². The molecule has 19 heavy (non-hydrogen) atoms. The molecule has 2 N–H and O–H groups in total. The van der Waals surface area contributed by atoms with Crippen LogP contribution < -0.4 is 5.73 Å². The highest BCUT2D eigenvalue weighted by Gasteiger charge is 2.37. The third-order valence-electron chi connectivity index (χ3n) is 4.08. The van der Waals surface area contributed by atoms with Gasteiger partial charge in [0.15, 0.2) is 0 Å². The molecule has 3 atom stereocenters. The van der Waals surface area contributed by atoms with E-state index in [1.807, 2.05) is 0 Å².